The summed E-state index contributed by atoms with van der Waals surface area (Å²) in [5.41, 5.74) is 2.90. The Morgan fingerprint density at radius 2 is 2.00 bits per heavy atom. The molecule has 0 fully saturated rings. The second-order valence-corrected chi connectivity index (χ2v) is 7.76. The summed E-state index contributed by atoms with van der Waals surface area (Å²) in [7, 11) is 0. The van der Waals surface area contributed by atoms with Crippen molar-refractivity contribution in [2.75, 3.05) is 11.9 Å². The summed E-state index contributed by atoms with van der Waals surface area (Å²) in [5, 5.41) is 12.4. The summed E-state index contributed by atoms with van der Waals surface area (Å²) in [4.78, 5) is 33.9. The molecule has 2 heterocycles. The van der Waals surface area contributed by atoms with Crippen molar-refractivity contribution in [1.29, 1.82) is 0 Å². The van der Waals surface area contributed by atoms with Gasteiger partial charge >= 0.3 is 12.1 Å². The van der Waals surface area contributed by atoms with Gasteiger partial charge < -0.3 is 20.1 Å². The zero-order chi connectivity index (χ0) is 20.5. The van der Waals surface area contributed by atoms with Gasteiger partial charge in [0.15, 0.2) is 0 Å². The molecule has 1 amide bonds. The quantitative estimate of drug-likeness (QED) is 0.834. The molecule has 8 heteroatoms. The molecule has 0 spiro atoms. The molecule has 2 aromatic rings. The first-order chi connectivity index (χ1) is 13.1. The Kier molecular flexibility index (Phi) is 5.22. The van der Waals surface area contributed by atoms with Gasteiger partial charge in [0.25, 0.3) is 0 Å². The normalized spacial score (nSPS) is 13.6. The number of aromatic carboxylic acids is 1. The third kappa shape index (κ3) is 4.39. The zero-order valence-corrected chi connectivity index (χ0v) is 16.4. The molecule has 0 saturated carbocycles. The Morgan fingerprint density at radius 3 is 2.68 bits per heavy atom. The molecule has 8 nitrogen and oxygen atoms in total. The van der Waals surface area contributed by atoms with Crippen LogP contribution in [0.1, 0.15) is 48.0 Å². The van der Waals surface area contributed by atoms with E-state index in [9.17, 15) is 14.7 Å². The number of fused-ring (bicyclic) bond motifs is 1. The highest BCUT2D eigenvalue weighted by Crippen LogP contribution is 2.28. The average molecular weight is 384 g/mol. The van der Waals surface area contributed by atoms with Crippen LogP contribution in [0.3, 0.4) is 0 Å². The van der Waals surface area contributed by atoms with Crippen molar-refractivity contribution in [1.82, 2.24) is 14.9 Å². The van der Waals surface area contributed by atoms with Gasteiger partial charge in [0.2, 0.25) is 0 Å². The Hall–Kier alpha value is -3.16. The number of nitrogens with zero attached hydrogens (tertiary/aromatic N) is 3. The molecular weight excluding hydrogens is 360 g/mol. The van der Waals surface area contributed by atoms with E-state index >= 15 is 0 Å². The molecule has 148 valence electrons. The van der Waals surface area contributed by atoms with Gasteiger partial charge in [-0.2, -0.15) is 0 Å². The first-order valence-corrected chi connectivity index (χ1v) is 9.05. The summed E-state index contributed by atoms with van der Waals surface area (Å²) in [5.74, 6) is -0.361. The molecule has 3 rings (SSSR count). The number of hydrogen-bond acceptors (Lipinski definition) is 6. The van der Waals surface area contributed by atoms with Crippen LogP contribution in [0, 0.1) is 6.92 Å². The number of nitrogens with one attached hydrogen (secondary N) is 1. The maximum atomic E-state index is 12.3. The van der Waals surface area contributed by atoms with Crippen molar-refractivity contribution < 1.29 is 19.4 Å². The monoisotopic (exact) mass is 384 g/mol. The lowest BCUT2D eigenvalue weighted by Gasteiger charge is -2.31. The van der Waals surface area contributed by atoms with Crippen LogP contribution >= 0.6 is 0 Å². The maximum absolute atomic E-state index is 12.3. The molecule has 1 aromatic carbocycles. The summed E-state index contributed by atoms with van der Waals surface area (Å²) in [6.45, 7) is 8.24. The van der Waals surface area contributed by atoms with Crippen LogP contribution in [0.4, 0.5) is 16.3 Å². The molecule has 0 radical (unpaired) electrons. The van der Waals surface area contributed by atoms with Crippen LogP contribution < -0.4 is 5.32 Å². The van der Waals surface area contributed by atoms with Crippen LogP contribution in [0.25, 0.3) is 0 Å². The lowest BCUT2D eigenvalue weighted by Crippen LogP contribution is -2.40. The number of carbonyl (C=O) groups excluding carboxylic acids is 1. The van der Waals surface area contributed by atoms with Crippen LogP contribution in [0.2, 0.25) is 0 Å². The predicted octanol–water partition coefficient (Wildman–Crippen LogP) is 3.52. The van der Waals surface area contributed by atoms with Crippen molar-refractivity contribution in [3.05, 3.63) is 46.9 Å². The molecule has 0 atom stereocenters. The van der Waals surface area contributed by atoms with Crippen LogP contribution in [0.15, 0.2) is 24.5 Å². The number of aryl methyl sites for hydroxylation is 1. The van der Waals surface area contributed by atoms with Gasteiger partial charge in [0, 0.05) is 17.8 Å². The highest BCUT2D eigenvalue weighted by molar-refractivity contribution is 5.89. The number of amides is 1. The topological polar surface area (TPSA) is 105 Å². The SMILES string of the molecule is Cc1ccc(C(=O)O)cc1Nc1ncnc2c1CCN(C(=O)OC(C)(C)C)C2. The Labute approximate surface area is 163 Å². The van der Waals surface area contributed by atoms with Crippen molar-refractivity contribution in [2.45, 2.75) is 46.3 Å². The summed E-state index contributed by atoms with van der Waals surface area (Å²) in [6.07, 6.45) is 1.65. The van der Waals surface area contributed by atoms with Gasteiger partial charge in [0.05, 0.1) is 17.8 Å². The zero-order valence-electron chi connectivity index (χ0n) is 16.4. The second kappa shape index (κ2) is 7.46. The minimum atomic E-state index is -0.985. The van der Waals surface area contributed by atoms with E-state index in [1.54, 1.807) is 23.1 Å². The Balaban J connectivity index is 1.83. The van der Waals surface area contributed by atoms with Gasteiger partial charge in [-0.05, 0) is 51.8 Å². The van der Waals surface area contributed by atoms with Gasteiger partial charge in [-0.25, -0.2) is 19.6 Å². The van der Waals surface area contributed by atoms with Crippen molar-refractivity contribution in [3.63, 3.8) is 0 Å². The number of anilines is 2. The van der Waals surface area contributed by atoms with Gasteiger partial charge in [-0.1, -0.05) is 6.07 Å². The fourth-order valence-electron chi connectivity index (χ4n) is 2.96. The van der Waals surface area contributed by atoms with Gasteiger partial charge in [-0.15, -0.1) is 0 Å². The van der Waals surface area contributed by atoms with E-state index in [-0.39, 0.29) is 11.7 Å². The Morgan fingerprint density at radius 1 is 1.25 bits per heavy atom. The second-order valence-electron chi connectivity index (χ2n) is 7.76. The van der Waals surface area contributed by atoms with Crippen molar-refractivity contribution in [2.24, 2.45) is 0 Å². The molecule has 2 N–H and O–H groups in total. The standard InChI is InChI=1S/C20H24N4O4/c1-12-5-6-13(18(25)26)9-15(12)23-17-14-7-8-24(10-16(14)21-11-22-17)19(27)28-20(2,3)4/h5-6,9,11H,7-8,10H2,1-4H3,(H,25,26)(H,21,22,23). The first-order valence-electron chi connectivity index (χ1n) is 9.05. The van der Waals surface area contributed by atoms with E-state index in [2.05, 4.69) is 15.3 Å². The maximum Gasteiger partial charge on any atom is 0.410 e. The number of carboxylic acids is 1. The van der Waals surface area contributed by atoms with E-state index < -0.39 is 11.6 Å². The molecule has 0 aliphatic carbocycles. The fourth-order valence-corrected chi connectivity index (χ4v) is 2.96. The van der Waals surface area contributed by atoms with E-state index in [0.29, 0.717) is 31.0 Å². The van der Waals surface area contributed by atoms with E-state index in [4.69, 9.17) is 4.74 Å². The number of rotatable bonds is 3. The van der Waals surface area contributed by atoms with Crippen molar-refractivity contribution >= 4 is 23.6 Å². The summed E-state index contributed by atoms with van der Waals surface area (Å²) >= 11 is 0. The first kappa shape index (κ1) is 19.6. The van der Waals surface area contributed by atoms with E-state index in [0.717, 1.165) is 16.8 Å². The lowest BCUT2D eigenvalue weighted by atomic mass is 10.0. The van der Waals surface area contributed by atoms with E-state index in [1.807, 2.05) is 27.7 Å². The molecule has 0 saturated heterocycles. The largest absolute Gasteiger partial charge is 0.478 e. The minimum Gasteiger partial charge on any atom is -0.478 e. The molecule has 1 aliphatic rings. The number of carbonyl (C=O) groups is 2. The van der Waals surface area contributed by atoms with Gasteiger partial charge in [0.1, 0.15) is 17.7 Å². The highest BCUT2D eigenvalue weighted by Gasteiger charge is 2.28. The van der Waals surface area contributed by atoms with Crippen molar-refractivity contribution in [3.8, 4) is 0 Å². The molecule has 0 bridgehead atoms. The molecule has 28 heavy (non-hydrogen) atoms. The molecule has 1 aromatic heterocycles. The lowest BCUT2D eigenvalue weighted by molar-refractivity contribution is 0.0220. The smallest absolute Gasteiger partial charge is 0.410 e. The van der Waals surface area contributed by atoms with Gasteiger partial charge in [-0.3, -0.25) is 0 Å². The molecule has 1 aliphatic heterocycles. The Bertz CT molecular complexity index is 921. The number of aromatic nitrogens is 2. The fraction of sp³-hybridized carbons (Fsp3) is 0.400. The summed E-state index contributed by atoms with van der Waals surface area (Å²) < 4.78 is 5.44. The summed E-state index contributed by atoms with van der Waals surface area (Å²) in [6, 6.07) is 4.91. The highest BCUT2D eigenvalue weighted by atomic mass is 16.6. The molecular formula is C20H24N4O4. The predicted molar refractivity (Wildman–Crippen MR) is 104 cm³/mol. The van der Waals surface area contributed by atoms with E-state index in [1.165, 1.54) is 6.33 Å². The average Bonchev–Trinajstić information content (AvgIpc) is 2.61. The third-order valence-electron chi connectivity index (χ3n) is 4.40. The number of ether oxygens (including phenoxy) is 1. The van der Waals surface area contributed by atoms with Crippen LogP contribution in [0.5, 0.6) is 0 Å². The third-order valence-corrected chi connectivity index (χ3v) is 4.40. The number of hydrogen-bond donors (Lipinski definition) is 2. The number of carboxylic acid groups (broad SMARTS) is 1. The minimum absolute atomic E-state index is 0.201. The number of benzene rings is 1. The van der Waals surface area contributed by atoms with Crippen LogP contribution in [-0.4, -0.2) is 44.2 Å². The van der Waals surface area contributed by atoms with Crippen LogP contribution in [-0.2, 0) is 17.7 Å². The molecule has 0 unspecified atom stereocenters.